The Morgan fingerprint density at radius 1 is 0.929 bits per heavy atom. The number of thiophene rings is 1. The van der Waals surface area contributed by atoms with E-state index < -0.39 is 0 Å². The zero-order valence-electron chi connectivity index (χ0n) is 15.5. The third-order valence-corrected chi connectivity index (χ3v) is 7.03. The largest absolute Gasteiger partial charge is 0.488 e. The zero-order chi connectivity index (χ0) is 18.9. The van der Waals surface area contributed by atoms with Crippen LogP contribution in [0.3, 0.4) is 0 Å². The fourth-order valence-corrected chi connectivity index (χ4v) is 5.29. The summed E-state index contributed by atoms with van der Waals surface area (Å²) in [5.41, 5.74) is 4.08. The van der Waals surface area contributed by atoms with Crippen molar-refractivity contribution >= 4 is 37.4 Å². The molecule has 3 heteroatoms. The molecule has 5 rings (SSSR count). The minimum Gasteiger partial charge on any atom is -0.488 e. The van der Waals surface area contributed by atoms with Gasteiger partial charge in [0.05, 0.1) is 4.47 Å². The molecule has 0 unspecified atom stereocenters. The van der Waals surface area contributed by atoms with Crippen LogP contribution >= 0.6 is 27.3 Å². The third kappa shape index (κ3) is 3.87. The maximum atomic E-state index is 6.15. The van der Waals surface area contributed by atoms with Gasteiger partial charge in [-0.1, -0.05) is 48.5 Å². The van der Waals surface area contributed by atoms with Crippen LogP contribution in [0.2, 0.25) is 0 Å². The van der Waals surface area contributed by atoms with Gasteiger partial charge in [-0.3, -0.25) is 0 Å². The first-order valence-corrected chi connectivity index (χ1v) is 11.3. The van der Waals surface area contributed by atoms with Crippen LogP contribution in [0.4, 0.5) is 0 Å². The minimum atomic E-state index is 0.596. The van der Waals surface area contributed by atoms with Crippen molar-refractivity contribution in [2.75, 3.05) is 0 Å². The van der Waals surface area contributed by atoms with E-state index in [9.17, 15) is 0 Å². The van der Waals surface area contributed by atoms with Crippen molar-refractivity contribution in [1.82, 2.24) is 0 Å². The Kier molecular flexibility index (Phi) is 4.96. The standard InChI is InChI=1S/C25H21BrOS/c26-23-14-20(13-21-12-19-8-4-5-9-25(19)28-21)22(18-10-11-18)15-24(23)27-16-17-6-2-1-3-7-17/h1-9,12,14-15,18H,10-11,13,16H2. The molecule has 0 N–H and O–H groups in total. The Bertz CT molecular complexity index is 1080. The smallest absolute Gasteiger partial charge is 0.134 e. The van der Waals surface area contributed by atoms with Crippen molar-refractivity contribution < 1.29 is 4.74 Å². The minimum absolute atomic E-state index is 0.596. The first-order valence-electron chi connectivity index (χ1n) is 9.73. The van der Waals surface area contributed by atoms with E-state index in [2.05, 4.69) is 82.7 Å². The number of hydrogen-bond acceptors (Lipinski definition) is 2. The molecule has 0 radical (unpaired) electrons. The number of halogens is 1. The second-order valence-corrected chi connectivity index (χ2v) is 9.48. The fraction of sp³-hybridized carbons (Fsp3) is 0.200. The zero-order valence-corrected chi connectivity index (χ0v) is 17.9. The molecular formula is C25H21BrOS. The van der Waals surface area contributed by atoms with Crippen LogP contribution in [0, 0.1) is 0 Å². The number of benzene rings is 3. The maximum Gasteiger partial charge on any atom is 0.134 e. The van der Waals surface area contributed by atoms with Crippen molar-refractivity contribution in [3.8, 4) is 5.75 Å². The Hall–Kier alpha value is -2.10. The molecule has 3 aromatic carbocycles. The SMILES string of the molecule is Brc1cc(Cc2cc3ccccc3s2)c(C2CC2)cc1OCc1ccccc1. The summed E-state index contributed by atoms with van der Waals surface area (Å²) in [6.45, 7) is 0.596. The molecule has 4 aromatic rings. The highest BCUT2D eigenvalue weighted by atomic mass is 79.9. The van der Waals surface area contributed by atoms with Crippen molar-refractivity contribution in [3.63, 3.8) is 0 Å². The van der Waals surface area contributed by atoms with Gasteiger partial charge in [0.2, 0.25) is 0 Å². The van der Waals surface area contributed by atoms with Gasteiger partial charge in [-0.05, 0) is 81.0 Å². The summed E-state index contributed by atoms with van der Waals surface area (Å²) in [6.07, 6.45) is 3.57. The second kappa shape index (κ2) is 7.73. The quantitative estimate of drug-likeness (QED) is 0.293. The topological polar surface area (TPSA) is 9.23 Å². The summed E-state index contributed by atoms with van der Waals surface area (Å²) in [7, 11) is 0. The molecule has 0 atom stereocenters. The van der Waals surface area contributed by atoms with E-state index in [0.717, 1.165) is 16.6 Å². The Morgan fingerprint density at radius 2 is 1.71 bits per heavy atom. The molecule has 0 saturated heterocycles. The Labute approximate surface area is 178 Å². The van der Waals surface area contributed by atoms with Crippen molar-refractivity contribution in [3.05, 3.63) is 98.8 Å². The number of hydrogen-bond donors (Lipinski definition) is 0. The molecular weight excluding hydrogens is 428 g/mol. The lowest BCUT2D eigenvalue weighted by molar-refractivity contribution is 0.304. The predicted molar refractivity (Wildman–Crippen MR) is 122 cm³/mol. The van der Waals surface area contributed by atoms with Crippen LogP contribution in [0.15, 0.2) is 77.3 Å². The second-order valence-electron chi connectivity index (χ2n) is 7.46. The van der Waals surface area contributed by atoms with Crippen LogP contribution in [-0.4, -0.2) is 0 Å². The monoisotopic (exact) mass is 448 g/mol. The van der Waals surface area contributed by atoms with Gasteiger partial charge in [-0.2, -0.15) is 0 Å². The van der Waals surface area contributed by atoms with Crippen molar-refractivity contribution in [2.45, 2.75) is 31.8 Å². The molecule has 1 saturated carbocycles. The highest BCUT2D eigenvalue weighted by Crippen LogP contribution is 2.45. The van der Waals surface area contributed by atoms with Crippen LogP contribution in [0.5, 0.6) is 5.75 Å². The van der Waals surface area contributed by atoms with E-state index in [0.29, 0.717) is 12.5 Å². The summed E-state index contributed by atoms with van der Waals surface area (Å²) in [5.74, 6) is 1.64. The lowest BCUT2D eigenvalue weighted by Gasteiger charge is -2.14. The Balaban J connectivity index is 1.42. The van der Waals surface area contributed by atoms with Gasteiger partial charge in [0.1, 0.15) is 12.4 Å². The average molecular weight is 449 g/mol. The maximum absolute atomic E-state index is 6.15. The first kappa shape index (κ1) is 18.0. The van der Waals surface area contributed by atoms with E-state index in [1.807, 2.05) is 17.4 Å². The van der Waals surface area contributed by atoms with Crippen LogP contribution in [0.1, 0.15) is 40.3 Å². The highest BCUT2D eigenvalue weighted by Gasteiger charge is 2.27. The van der Waals surface area contributed by atoms with Gasteiger partial charge in [0, 0.05) is 16.0 Å². The number of fused-ring (bicyclic) bond motifs is 1. The molecule has 1 heterocycles. The summed E-state index contributed by atoms with van der Waals surface area (Å²) >= 11 is 5.65. The predicted octanol–water partition coefficient (Wildman–Crippen LogP) is 7.71. The van der Waals surface area contributed by atoms with Gasteiger partial charge in [-0.25, -0.2) is 0 Å². The molecule has 1 nitrogen and oxygen atoms in total. The van der Waals surface area contributed by atoms with Crippen molar-refractivity contribution in [1.29, 1.82) is 0 Å². The summed E-state index contributed by atoms with van der Waals surface area (Å²) < 4.78 is 8.56. The van der Waals surface area contributed by atoms with E-state index >= 15 is 0 Å². The third-order valence-electron chi connectivity index (χ3n) is 5.29. The first-order chi connectivity index (χ1) is 13.8. The highest BCUT2D eigenvalue weighted by molar-refractivity contribution is 9.10. The molecule has 28 heavy (non-hydrogen) atoms. The van der Waals surface area contributed by atoms with Crippen LogP contribution < -0.4 is 4.74 Å². The summed E-state index contributed by atoms with van der Waals surface area (Å²) in [4.78, 5) is 1.42. The molecule has 0 aliphatic heterocycles. The van der Waals surface area contributed by atoms with Gasteiger partial charge >= 0.3 is 0 Å². The van der Waals surface area contributed by atoms with E-state index in [1.165, 1.54) is 44.5 Å². The molecule has 140 valence electrons. The summed E-state index contributed by atoms with van der Waals surface area (Å²) in [6, 6.07) is 25.9. The molecule has 0 spiro atoms. The molecule has 0 bridgehead atoms. The average Bonchev–Trinajstić information content (AvgIpc) is 3.47. The van der Waals surface area contributed by atoms with Gasteiger partial charge < -0.3 is 4.74 Å². The van der Waals surface area contributed by atoms with Crippen LogP contribution in [0.25, 0.3) is 10.1 Å². The number of rotatable bonds is 6. The van der Waals surface area contributed by atoms with Gasteiger partial charge in [-0.15, -0.1) is 11.3 Å². The fourth-order valence-electron chi connectivity index (χ4n) is 3.70. The van der Waals surface area contributed by atoms with Crippen LogP contribution in [-0.2, 0) is 13.0 Å². The molecule has 0 amide bonds. The van der Waals surface area contributed by atoms with Gasteiger partial charge in [0.25, 0.3) is 0 Å². The van der Waals surface area contributed by atoms with E-state index in [-0.39, 0.29) is 0 Å². The normalized spacial score (nSPS) is 13.8. The van der Waals surface area contributed by atoms with E-state index in [4.69, 9.17) is 4.74 Å². The lowest BCUT2D eigenvalue weighted by atomic mass is 9.99. The molecule has 1 fully saturated rings. The summed E-state index contributed by atoms with van der Waals surface area (Å²) in [5, 5.41) is 1.34. The molecule has 1 aromatic heterocycles. The van der Waals surface area contributed by atoms with Gasteiger partial charge in [0.15, 0.2) is 0 Å². The molecule has 1 aliphatic carbocycles. The lowest BCUT2D eigenvalue weighted by Crippen LogP contribution is -1.99. The Morgan fingerprint density at radius 3 is 2.50 bits per heavy atom. The number of ether oxygens (including phenoxy) is 1. The van der Waals surface area contributed by atoms with Crippen molar-refractivity contribution in [2.24, 2.45) is 0 Å². The molecule has 1 aliphatic rings. The van der Waals surface area contributed by atoms with E-state index in [1.54, 1.807) is 0 Å².